The molecule has 7 nitrogen and oxygen atoms in total. The fourth-order valence-electron chi connectivity index (χ4n) is 1.82. The number of oxime groups is 1. The predicted octanol–water partition coefficient (Wildman–Crippen LogP) is -1.40. The molecular formula is C8H11N3O4S. The fourth-order valence-corrected chi connectivity index (χ4v) is 3.09. The highest BCUT2D eigenvalue weighted by Gasteiger charge is 2.55. The fraction of sp³-hybridized carbons (Fsp3) is 0.625. The van der Waals surface area contributed by atoms with Crippen LogP contribution in [0, 0.1) is 0 Å². The average molecular weight is 245 g/mol. The maximum absolute atomic E-state index is 11.5. The first-order chi connectivity index (χ1) is 7.61. The van der Waals surface area contributed by atoms with Crippen molar-refractivity contribution in [1.82, 2.24) is 4.90 Å². The standard InChI is InChI=1S/C8H11N3O4S/c1-15-8(13)5-3(10-14)2-16-7-4(9)6(12)11(5)7/h4-5,7,14H,2,9H2,1H3. The zero-order chi connectivity index (χ0) is 11.9. The number of nitrogens with two attached hydrogens (primary N) is 1. The minimum absolute atomic E-state index is 0.216. The van der Waals surface area contributed by atoms with Crippen molar-refractivity contribution >= 4 is 29.4 Å². The number of esters is 1. The molecule has 2 fully saturated rings. The number of fused-ring (bicyclic) bond motifs is 1. The molecule has 88 valence electrons. The third-order valence-corrected chi connectivity index (χ3v) is 3.99. The van der Waals surface area contributed by atoms with Crippen LogP contribution in [-0.2, 0) is 14.3 Å². The third-order valence-electron chi connectivity index (χ3n) is 2.67. The molecule has 3 unspecified atom stereocenters. The van der Waals surface area contributed by atoms with E-state index >= 15 is 0 Å². The van der Waals surface area contributed by atoms with Crippen molar-refractivity contribution in [2.24, 2.45) is 10.9 Å². The molecule has 0 aromatic rings. The molecule has 2 aliphatic rings. The van der Waals surface area contributed by atoms with Gasteiger partial charge in [0.2, 0.25) is 5.91 Å². The van der Waals surface area contributed by atoms with Gasteiger partial charge in [-0.05, 0) is 0 Å². The van der Waals surface area contributed by atoms with Crippen LogP contribution in [0.4, 0.5) is 0 Å². The van der Waals surface area contributed by atoms with Gasteiger partial charge in [-0.3, -0.25) is 4.79 Å². The number of amides is 1. The van der Waals surface area contributed by atoms with Gasteiger partial charge in [0.1, 0.15) is 17.1 Å². The Kier molecular flexibility index (Phi) is 2.76. The van der Waals surface area contributed by atoms with Gasteiger partial charge in [-0.25, -0.2) is 4.79 Å². The van der Waals surface area contributed by atoms with Gasteiger partial charge in [0.15, 0.2) is 6.04 Å². The van der Waals surface area contributed by atoms with Gasteiger partial charge in [0.25, 0.3) is 0 Å². The van der Waals surface area contributed by atoms with E-state index in [-0.39, 0.29) is 17.0 Å². The van der Waals surface area contributed by atoms with Gasteiger partial charge in [-0.15, -0.1) is 11.8 Å². The lowest BCUT2D eigenvalue weighted by atomic mass is 10.0. The van der Waals surface area contributed by atoms with Gasteiger partial charge in [0, 0.05) is 5.75 Å². The summed E-state index contributed by atoms with van der Waals surface area (Å²) in [4.78, 5) is 24.4. The molecule has 2 rings (SSSR count). The van der Waals surface area contributed by atoms with E-state index in [0.29, 0.717) is 5.75 Å². The number of thioether (sulfide) groups is 1. The first kappa shape index (κ1) is 11.2. The Morgan fingerprint density at radius 2 is 2.44 bits per heavy atom. The Bertz CT molecular complexity index is 372. The first-order valence-electron chi connectivity index (χ1n) is 4.59. The van der Waals surface area contributed by atoms with Crippen LogP contribution in [0.1, 0.15) is 0 Å². The van der Waals surface area contributed by atoms with Crippen LogP contribution in [0.25, 0.3) is 0 Å². The largest absolute Gasteiger partial charge is 0.467 e. The van der Waals surface area contributed by atoms with Crippen molar-refractivity contribution < 1.29 is 19.5 Å². The van der Waals surface area contributed by atoms with E-state index in [4.69, 9.17) is 10.9 Å². The van der Waals surface area contributed by atoms with E-state index in [1.165, 1.54) is 23.8 Å². The number of carbonyl (C=O) groups is 2. The lowest BCUT2D eigenvalue weighted by Crippen LogP contribution is -2.74. The lowest BCUT2D eigenvalue weighted by molar-refractivity contribution is -0.158. The smallest absolute Gasteiger partial charge is 0.334 e. The molecule has 2 saturated heterocycles. The van der Waals surface area contributed by atoms with E-state index < -0.39 is 18.1 Å². The minimum Gasteiger partial charge on any atom is -0.467 e. The van der Waals surface area contributed by atoms with E-state index in [2.05, 4.69) is 9.89 Å². The van der Waals surface area contributed by atoms with Crippen LogP contribution < -0.4 is 5.73 Å². The molecule has 0 spiro atoms. The number of hydrogen-bond acceptors (Lipinski definition) is 7. The maximum atomic E-state index is 11.5. The summed E-state index contributed by atoms with van der Waals surface area (Å²) in [5.74, 6) is -0.578. The van der Waals surface area contributed by atoms with E-state index in [1.54, 1.807) is 0 Å². The van der Waals surface area contributed by atoms with Crippen molar-refractivity contribution in [1.29, 1.82) is 0 Å². The number of β-lactam (4-membered cyclic amide) rings is 1. The Morgan fingerprint density at radius 3 is 3.00 bits per heavy atom. The van der Waals surface area contributed by atoms with Crippen molar-refractivity contribution in [3.05, 3.63) is 0 Å². The summed E-state index contributed by atoms with van der Waals surface area (Å²) >= 11 is 1.37. The molecule has 0 aromatic carbocycles. The molecule has 16 heavy (non-hydrogen) atoms. The van der Waals surface area contributed by atoms with Gasteiger partial charge in [0.05, 0.1) is 7.11 Å². The van der Waals surface area contributed by atoms with E-state index in [1.807, 2.05) is 0 Å². The van der Waals surface area contributed by atoms with Crippen molar-refractivity contribution in [2.75, 3.05) is 12.9 Å². The molecule has 2 heterocycles. The second-order valence-electron chi connectivity index (χ2n) is 3.49. The summed E-state index contributed by atoms with van der Waals surface area (Å²) in [5.41, 5.74) is 5.82. The molecule has 0 bridgehead atoms. The summed E-state index contributed by atoms with van der Waals surface area (Å²) in [6, 6.07) is -1.52. The van der Waals surface area contributed by atoms with Crippen LogP contribution >= 0.6 is 11.8 Å². The molecule has 8 heteroatoms. The van der Waals surface area contributed by atoms with Crippen LogP contribution in [0.3, 0.4) is 0 Å². The number of ether oxygens (including phenoxy) is 1. The summed E-state index contributed by atoms with van der Waals surface area (Å²) in [7, 11) is 1.22. The summed E-state index contributed by atoms with van der Waals surface area (Å²) in [6.45, 7) is 0. The van der Waals surface area contributed by atoms with Crippen molar-refractivity contribution in [3.63, 3.8) is 0 Å². The summed E-state index contributed by atoms with van der Waals surface area (Å²) in [5, 5.41) is 11.6. The first-order valence-corrected chi connectivity index (χ1v) is 5.64. The Balaban J connectivity index is 2.28. The summed E-state index contributed by atoms with van der Waals surface area (Å²) in [6.07, 6.45) is 0. The third kappa shape index (κ3) is 1.37. The normalized spacial score (nSPS) is 35.6. The predicted molar refractivity (Wildman–Crippen MR) is 56.1 cm³/mol. The Morgan fingerprint density at radius 1 is 1.75 bits per heavy atom. The number of rotatable bonds is 1. The lowest BCUT2D eigenvalue weighted by Gasteiger charge is -2.50. The molecule has 0 aromatic heterocycles. The van der Waals surface area contributed by atoms with Crippen LogP contribution in [-0.4, -0.2) is 58.0 Å². The molecule has 0 radical (unpaired) electrons. The second-order valence-corrected chi connectivity index (χ2v) is 4.59. The van der Waals surface area contributed by atoms with Crippen LogP contribution in [0.5, 0.6) is 0 Å². The average Bonchev–Trinajstić information content (AvgIpc) is 2.34. The number of nitrogens with zero attached hydrogens (tertiary/aromatic N) is 2. The maximum Gasteiger partial charge on any atom is 0.334 e. The quantitative estimate of drug-likeness (QED) is 0.255. The van der Waals surface area contributed by atoms with Crippen LogP contribution in [0.2, 0.25) is 0 Å². The van der Waals surface area contributed by atoms with Gasteiger partial charge >= 0.3 is 5.97 Å². The molecule has 3 N–H and O–H groups in total. The highest BCUT2D eigenvalue weighted by atomic mass is 32.2. The second kappa shape index (κ2) is 3.95. The molecule has 3 atom stereocenters. The topological polar surface area (TPSA) is 105 Å². The number of hydrogen-bond donors (Lipinski definition) is 2. The van der Waals surface area contributed by atoms with Crippen molar-refractivity contribution in [2.45, 2.75) is 17.5 Å². The zero-order valence-electron chi connectivity index (χ0n) is 8.49. The van der Waals surface area contributed by atoms with E-state index in [0.717, 1.165) is 0 Å². The molecule has 0 saturated carbocycles. The summed E-state index contributed by atoms with van der Waals surface area (Å²) < 4.78 is 4.58. The number of carbonyl (C=O) groups excluding carboxylic acids is 2. The monoisotopic (exact) mass is 245 g/mol. The van der Waals surface area contributed by atoms with E-state index in [9.17, 15) is 9.59 Å². The minimum atomic E-state index is -0.937. The molecule has 0 aliphatic carbocycles. The van der Waals surface area contributed by atoms with Crippen molar-refractivity contribution in [3.8, 4) is 0 Å². The SMILES string of the molecule is COC(=O)C1C(=NO)CSC2C(N)C(=O)N12. The van der Waals surface area contributed by atoms with Gasteiger partial charge in [-0.2, -0.15) is 0 Å². The zero-order valence-corrected chi connectivity index (χ0v) is 9.31. The highest BCUT2D eigenvalue weighted by molar-refractivity contribution is 8.00. The highest BCUT2D eigenvalue weighted by Crippen LogP contribution is 2.36. The molecule has 1 amide bonds. The Labute approximate surface area is 95.6 Å². The molecule has 2 aliphatic heterocycles. The van der Waals surface area contributed by atoms with Crippen LogP contribution in [0.15, 0.2) is 5.16 Å². The van der Waals surface area contributed by atoms with Gasteiger partial charge in [-0.1, -0.05) is 5.16 Å². The number of methoxy groups -OCH3 is 1. The Hall–Kier alpha value is -1.28. The molecular weight excluding hydrogens is 234 g/mol. The van der Waals surface area contributed by atoms with Gasteiger partial charge < -0.3 is 20.6 Å².